The first kappa shape index (κ1) is 14.5. The van der Waals surface area contributed by atoms with Crippen molar-refractivity contribution >= 4 is 0 Å². The third-order valence-corrected chi connectivity index (χ3v) is 4.14. The molecule has 0 saturated carbocycles. The Morgan fingerprint density at radius 2 is 1.79 bits per heavy atom. The van der Waals surface area contributed by atoms with E-state index in [0.717, 1.165) is 32.7 Å². The van der Waals surface area contributed by atoms with Crippen LogP contribution in [0.1, 0.15) is 18.9 Å². The predicted molar refractivity (Wildman–Crippen MR) is 79.3 cm³/mol. The molecule has 1 aliphatic heterocycles. The van der Waals surface area contributed by atoms with Crippen molar-refractivity contribution in [2.75, 3.05) is 39.3 Å². The lowest BCUT2D eigenvalue weighted by Gasteiger charge is -2.38. The first-order chi connectivity index (χ1) is 9.29. The minimum Gasteiger partial charge on any atom is -0.395 e. The van der Waals surface area contributed by atoms with Gasteiger partial charge in [0.2, 0.25) is 0 Å². The van der Waals surface area contributed by atoms with Gasteiger partial charge in [0.15, 0.2) is 0 Å². The lowest BCUT2D eigenvalue weighted by molar-refractivity contribution is 0.0862. The molecular formula is C16H26N2O. The minimum atomic E-state index is 0.281. The third-order valence-electron chi connectivity index (χ3n) is 4.14. The normalized spacial score (nSPS) is 19.5. The van der Waals surface area contributed by atoms with Crippen LogP contribution in [0.5, 0.6) is 0 Å². The number of hydrogen-bond acceptors (Lipinski definition) is 3. The molecule has 1 saturated heterocycles. The van der Waals surface area contributed by atoms with E-state index in [4.69, 9.17) is 5.11 Å². The lowest BCUT2D eigenvalue weighted by atomic mass is 10.0. The number of benzene rings is 1. The van der Waals surface area contributed by atoms with E-state index in [1.165, 1.54) is 18.4 Å². The molecule has 0 aromatic heterocycles. The van der Waals surface area contributed by atoms with Gasteiger partial charge in [-0.3, -0.25) is 9.80 Å². The summed E-state index contributed by atoms with van der Waals surface area (Å²) in [5, 5.41) is 8.95. The lowest BCUT2D eigenvalue weighted by Crippen LogP contribution is -2.50. The molecule has 1 aromatic rings. The number of aryl methyl sites for hydroxylation is 1. The smallest absolute Gasteiger partial charge is 0.0558 e. The summed E-state index contributed by atoms with van der Waals surface area (Å²) in [6, 6.07) is 11.4. The van der Waals surface area contributed by atoms with E-state index < -0.39 is 0 Å². The number of piperazine rings is 1. The highest BCUT2D eigenvalue weighted by Crippen LogP contribution is 2.12. The predicted octanol–water partition coefficient (Wildman–Crippen LogP) is 1.62. The van der Waals surface area contributed by atoms with Crippen molar-refractivity contribution in [2.45, 2.75) is 25.8 Å². The van der Waals surface area contributed by atoms with Gasteiger partial charge in [0, 0.05) is 38.8 Å². The summed E-state index contributed by atoms with van der Waals surface area (Å²) >= 11 is 0. The number of β-amino-alcohol motifs (C(OH)–C–C–N with tert-alkyl or cyclic N) is 1. The Bertz CT molecular complexity index is 347. The van der Waals surface area contributed by atoms with Crippen LogP contribution in [-0.4, -0.2) is 60.3 Å². The topological polar surface area (TPSA) is 26.7 Å². The highest BCUT2D eigenvalue weighted by Gasteiger charge is 2.20. The van der Waals surface area contributed by atoms with Gasteiger partial charge in [0.05, 0.1) is 6.61 Å². The standard InChI is InChI=1S/C16H26N2O/c1-15(7-8-16-5-3-2-4-6-16)18-11-9-17(10-12-18)13-14-19/h2-6,15,19H,7-14H2,1H3/t15-/m1/s1. The van der Waals surface area contributed by atoms with E-state index in [1.54, 1.807) is 0 Å². The number of nitrogens with zero attached hydrogens (tertiary/aromatic N) is 2. The van der Waals surface area contributed by atoms with E-state index in [0.29, 0.717) is 6.04 Å². The molecule has 1 fully saturated rings. The van der Waals surface area contributed by atoms with E-state index in [9.17, 15) is 0 Å². The Morgan fingerprint density at radius 3 is 2.42 bits per heavy atom. The Hall–Kier alpha value is -0.900. The highest BCUT2D eigenvalue weighted by atomic mass is 16.3. The fourth-order valence-electron chi connectivity index (χ4n) is 2.77. The largest absolute Gasteiger partial charge is 0.395 e. The Kier molecular flexibility index (Phi) is 5.83. The summed E-state index contributed by atoms with van der Waals surface area (Å²) in [5.41, 5.74) is 1.44. The summed E-state index contributed by atoms with van der Waals surface area (Å²) in [6.07, 6.45) is 2.39. The maximum Gasteiger partial charge on any atom is 0.0558 e. The average Bonchev–Trinajstić information content (AvgIpc) is 2.47. The second-order valence-corrected chi connectivity index (χ2v) is 5.47. The van der Waals surface area contributed by atoms with E-state index in [1.807, 2.05) is 0 Å². The van der Waals surface area contributed by atoms with E-state index in [-0.39, 0.29) is 6.61 Å². The van der Waals surface area contributed by atoms with Gasteiger partial charge in [-0.05, 0) is 25.3 Å². The maximum absolute atomic E-state index is 8.95. The van der Waals surface area contributed by atoms with Crippen LogP contribution in [0.4, 0.5) is 0 Å². The van der Waals surface area contributed by atoms with Gasteiger partial charge in [-0.25, -0.2) is 0 Å². The molecule has 0 spiro atoms. The molecule has 1 aliphatic rings. The van der Waals surface area contributed by atoms with E-state index in [2.05, 4.69) is 47.1 Å². The summed E-state index contributed by atoms with van der Waals surface area (Å²) in [4.78, 5) is 4.93. The van der Waals surface area contributed by atoms with Gasteiger partial charge in [-0.1, -0.05) is 30.3 Å². The molecule has 1 N–H and O–H groups in total. The van der Waals surface area contributed by atoms with Gasteiger partial charge in [-0.2, -0.15) is 0 Å². The fourth-order valence-corrected chi connectivity index (χ4v) is 2.77. The van der Waals surface area contributed by atoms with Crippen molar-refractivity contribution in [3.63, 3.8) is 0 Å². The molecule has 1 heterocycles. The molecule has 0 amide bonds. The van der Waals surface area contributed by atoms with Crippen LogP contribution in [0.2, 0.25) is 0 Å². The molecule has 0 aliphatic carbocycles. The number of rotatable bonds is 6. The number of aliphatic hydroxyl groups is 1. The SMILES string of the molecule is C[C@H](CCc1ccccc1)N1CCN(CCO)CC1. The zero-order valence-corrected chi connectivity index (χ0v) is 12.0. The second-order valence-electron chi connectivity index (χ2n) is 5.47. The number of aliphatic hydroxyl groups excluding tert-OH is 1. The summed E-state index contributed by atoms with van der Waals surface area (Å²) in [5.74, 6) is 0. The zero-order chi connectivity index (χ0) is 13.5. The zero-order valence-electron chi connectivity index (χ0n) is 12.0. The van der Waals surface area contributed by atoms with Crippen LogP contribution >= 0.6 is 0 Å². The van der Waals surface area contributed by atoms with Crippen LogP contribution in [0.25, 0.3) is 0 Å². The Balaban J connectivity index is 1.71. The molecule has 0 bridgehead atoms. The quantitative estimate of drug-likeness (QED) is 0.844. The average molecular weight is 262 g/mol. The van der Waals surface area contributed by atoms with Crippen LogP contribution in [0.3, 0.4) is 0 Å². The van der Waals surface area contributed by atoms with Crippen molar-refractivity contribution in [1.29, 1.82) is 0 Å². The third kappa shape index (κ3) is 4.60. The van der Waals surface area contributed by atoms with Crippen molar-refractivity contribution in [1.82, 2.24) is 9.80 Å². The van der Waals surface area contributed by atoms with Gasteiger partial charge in [0.1, 0.15) is 0 Å². The summed E-state index contributed by atoms with van der Waals surface area (Å²) < 4.78 is 0. The van der Waals surface area contributed by atoms with Crippen molar-refractivity contribution in [2.24, 2.45) is 0 Å². The molecular weight excluding hydrogens is 236 g/mol. The second kappa shape index (κ2) is 7.63. The molecule has 1 aromatic carbocycles. The van der Waals surface area contributed by atoms with Crippen LogP contribution in [0, 0.1) is 0 Å². The Labute approximate surface area is 116 Å². The molecule has 106 valence electrons. The van der Waals surface area contributed by atoms with Gasteiger partial charge in [0.25, 0.3) is 0 Å². The molecule has 0 radical (unpaired) electrons. The van der Waals surface area contributed by atoms with E-state index >= 15 is 0 Å². The van der Waals surface area contributed by atoms with Crippen LogP contribution in [-0.2, 0) is 6.42 Å². The highest BCUT2D eigenvalue weighted by molar-refractivity contribution is 5.14. The molecule has 1 atom stereocenters. The monoisotopic (exact) mass is 262 g/mol. The molecule has 19 heavy (non-hydrogen) atoms. The molecule has 3 nitrogen and oxygen atoms in total. The minimum absolute atomic E-state index is 0.281. The van der Waals surface area contributed by atoms with Gasteiger partial charge >= 0.3 is 0 Å². The van der Waals surface area contributed by atoms with Gasteiger partial charge < -0.3 is 5.11 Å². The van der Waals surface area contributed by atoms with Crippen molar-refractivity contribution in [3.8, 4) is 0 Å². The summed E-state index contributed by atoms with van der Waals surface area (Å²) in [6.45, 7) is 7.90. The Morgan fingerprint density at radius 1 is 1.11 bits per heavy atom. The molecule has 2 rings (SSSR count). The van der Waals surface area contributed by atoms with Crippen molar-refractivity contribution in [3.05, 3.63) is 35.9 Å². The van der Waals surface area contributed by atoms with Gasteiger partial charge in [-0.15, -0.1) is 0 Å². The number of hydrogen-bond donors (Lipinski definition) is 1. The summed E-state index contributed by atoms with van der Waals surface area (Å²) in [7, 11) is 0. The molecule has 0 unspecified atom stereocenters. The van der Waals surface area contributed by atoms with Crippen LogP contribution < -0.4 is 0 Å². The molecule has 3 heteroatoms. The first-order valence-corrected chi connectivity index (χ1v) is 7.41. The van der Waals surface area contributed by atoms with Crippen LogP contribution in [0.15, 0.2) is 30.3 Å². The first-order valence-electron chi connectivity index (χ1n) is 7.41. The van der Waals surface area contributed by atoms with Crippen molar-refractivity contribution < 1.29 is 5.11 Å². The fraction of sp³-hybridized carbons (Fsp3) is 0.625. The maximum atomic E-state index is 8.95.